The number of phenolic OH excluding ortho intramolecular Hbond substituents is 1. The number of fused-ring (bicyclic) bond motifs is 5. The minimum absolute atomic E-state index is 0.0670. The Morgan fingerprint density at radius 2 is 1.86 bits per heavy atom. The van der Waals surface area contributed by atoms with Crippen LogP contribution in [0.2, 0.25) is 0 Å². The van der Waals surface area contributed by atoms with E-state index in [4.69, 9.17) is 14.6 Å². The van der Waals surface area contributed by atoms with Gasteiger partial charge in [-0.3, -0.25) is 0 Å². The van der Waals surface area contributed by atoms with Gasteiger partial charge in [0, 0.05) is 5.41 Å². The van der Waals surface area contributed by atoms with Crippen LogP contribution >= 0.6 is 0 Å². The number of aliphatic hydroxyl groups excluding tert-OH is 1. The highest BCUT2D eigenvalue weighted by atomic mass is 32.2. The van der Waals surface area contributed by atoms with Crippen molar-refractivity contribution in [3.8, 4) is 5.75 Å². The Morgan fingerprint density at radius 1 is 1.14 bits per heavy atom. The zero-order valence-corrected chi connectivity index (χ0v) is 21.3. The maximum Gasteiger partial charge on any atom is 0.344 e. The molecule has 0 saturated heterocycles. The lowest BCUT2D eigenvalue weighted by Gasteiger charge is -2.50. The van der Waals surface area contributed by atoms with Gasteiger partial charge in [-0.1, -0.05) is 13.0 Å². The number of carbonyl (C=O) groups excluding carboxylic acids is 2. The van der Waals surface area contributed by atoms with E-state index >= 15 is 0 Å². The third kappa shape index (κ3) is 4.73. The normalized spacial score (nSPS) is 30.5. The monoisotopic (exact) mass is 529 g/mol. The Balaban J connectivity index is 1.22. The lowest BCUT2D eigenvalue weighted by Crippen LogP contribution is -2.46. The molecular weight excluding hydrogens is 498 g/mol. The Hall–Kier alpha value is -2.95. The second kappa shape index (κ2) is 9.41. The number of primary sulfonamides is 1. The number of phenols is 1. The summed E-state index contributed by atoms with van der Waals surface area (Å²) in [6, 6.07) is 10.5. The number of hydrogen-bond donors (Lipinski definition) is 3. The van der Waals surface area contributed by atoms with Crippen LogP contribution < -0.4 is 5.14 Å². The first-order valence-corrected chi connectivity index (χ1v) is 14.0. The van der Waals surface area contributed by atoms with Crippen molar-refractivity contribution in [2.24, 2.45) is 22.4 Å². The number of nitrogens with two attached hydrogens (primary N) is 1. The number of sulfonamides is 1. The molecule has 0 amide bonds. The molecule has 3 unspecified atom stereocenters. The minimum atomic E-state index is -3.89. The molecule has 10 heteroatoms. The number of esters is 2. The third-order valence-electron chi connectivity index (χ3n) is 8.64. The second-order valence-electron chi connectivity index (χ2n) is 10.7. The van der Waals surface area contributed by atoms with Gasteiger partial charge < -0.3 is 19.7 Å². The summed E-state index contributed by atoms with van der Waals surface area (Å²) in [6.07, 6.45) is 2.55. The molecule has 2 aromatic carbocycles. The Morgan fingerprint density at radius 3 is 2.57 bits per heavy atom. The smallest absolute Gasteiger partial charge is 0.344 e. The zero-order valence-electron chi connectivity index (χ0n) is 20.5. The summed E-state index contributed by atoms with van der Waals surface area (Å²) in [5.74, 6) is -0.380. The summed E-state index contributed by atoms with van der Waals surface area (Å²) in [5.41, 5.74) is 2.14. The molecule has 0 aromatic heterocycles. The van der Waals surface area contributed by atoms with Crippen molar-refractivity contribution in [2.45, 2.75) is 62.0 Å². The number of hydrogen-bond acceptors (Lipinski definition) is 8. The molecule has 2 fully saturated rings. The van der Waals surface area contributed by atoms with Crippen LogP contribution in [-0.4, -0.2) is 49.4 Å². The molecule has 37 heavy (non-hydrogen) atoms. The second-order valence-corrected chi connectivity index (χ2v) is 12.3. The van der Waals surface area contributed by atoms with E-state index < -0.39 is 46.2 Å². The number of carbonyl (C=O) groups is 2. The molecule has 0 heterocycles. The van der Waals surface area contributed by atoms with E-state index in [1.54, 1.807) is 6.07 Å². The molecule has 4 N–H and O–H groups in total. The molecule has 0 bridgehead atoms. The highest BCUT2D eigenvalue weighted by Crippen LogP contribution is 2.61. The van der Waals surface area contributed by atoms with E-state index in [1.807, 2.05) is 12.1 Å². The van der Waals surface area contributed by atoms with Gasteiger partial charge in [0.2, 0.25) is 10.0 Å². The van der Waals surface area contributed by atoms with Crippen molar-refractivity contribution >= 4 is 22.0 Å². The summed E-state index contributed by atoms with van der Waals surface area (Å²) in [6.45, 7) is 1.45. The number of aliphatic hydroxyl groups is 1. The van der Waals surface area contributed by atoms with Crippen LogP contribution in [0.25, 0.3) is 0 Å². The quantitative estimate of drug-likeness (QED) is 0.500. The molecule has 3 aliphatic rings. The molecule has 0 radical (unpaired) electrons. The fourth-order valence-electron chi connectivity index (χ4n) is 6.91. The number of benzene rings is 2. The molecular formula is C27H31NO8S. The van der Waals surface area contributed by atoms with Crippen molar-refractivity contribution in [1.29, 1.82) is 0 Å². The molecule has 6 atom stereocenters. The van der Waals surface area contributed by atoms with E-state index in [0.717, 1.165) is 25.7 Å². The summed E-state index contributed by atoms with van der Waals surface area (Å²) < 4.78 is 33.5. The van der Waals surface area contributed by atoms with E-state index in [1.165, 1.54) is 35.4 Å². The fourth-order valence-corrected chi connectivity index (χ4v) is 7.43. The molecule has 2 saturated carbocycles. The minimum Gasteiger partial charge on any atom is -0.508 e. The van der Waals surface area contributed by atoms with Crippen molar-refractivity contribution in [1.82, 2.24) is 0 Å². The number of aryl methyl sites for hydroxylation is 1. The standard InChI is InChI=1S/C27H31NO8S/c1-27-11-10-20-19-9-5-17(29)12-16(19)4-8-21(20)22(27)13-23(30)25(27)36-24(31)14-35-26(32)15-2-6-18(7-3-15)37(28,33)34/h2-3,5-7,9,12,20-23,25,29-30H,4,8,10-11,13-14H2,1H3,(H2,28,33,34)/t20?,21?,22?,23-,25+,27+/m1/s1. The van der Waals surface area contributed by atoms with Crippen LogP contribution in [0.5, 0.6) is 5.75 Å². The molecule has 5 rings (SSSR count). The van der Waals surface area contributed by atoms with Crippen molar-refractivity contribution in [3.05, 3.63) is 59.2 Å². The van der Waals surface area contributed by atoms with Gasteiger partial charge in [-0.05, 0) is 97.4 Å². The summed E-state index contributed by atoms with van der Waals surface area (Å²) in [4.78, 5) is 24.8. The van der Waals surface area contributed by atoms with Crippen molar-refractivity contribution in [3.63, 3.8) is 0 Å². The van der Waals surface area contributed by atoms with Gasteiger partial charge in [0.1, 0.15) is 11.9 Å². The summed E-state index contributed by atoms with van der Waals surface area (Å²) >= 11 is 0. The number of ether oxygens (including phenoxy) is 2. The first-order valence-electron chi connectivity index (χ1n) is 12.5. The highest BCUT2D eigenvalue weighted by molar-refractivity contribution is 7.89. The molecule has 0 aliphatic heterocycles. The van der Waals surface area contributed by atoms with Crippen molar-refractivity contribution < 1.29 is 37.7 Å². The van der Waals surface area contributed by atoms with Gasteiger partial charge >= 0.3 is 11.9 Å². The van der Waals surface area contributed by atoms with E-state index in [9.17, 15) is 28.2 Å². The van der Waals surface area contributed by atoms with Gasteiger partial charge in [0.15, 0.2) is 6.61 Å². The Bertz CT molecular complexity index is 1320. The van der Waals surface area contributed by atoms with Gasteiger partial charge in [-0.2, -0.15) is 0 Å². The predicted octanol–water partition coefficient (Wildman–Crippen LogP) is 2.64. The van der Waals surface area contributed by atoms with Crippen LogP contribution in [0.15, 0.2) is 47.4 Å². The lowest BCUT2D eigenvalue weighted by molar-refractivity contribution is -0.167. The maximum atomic E-state index is 12.6. The average molecular weight is 530 g/mol. The largest absolute Gasteiger partial charge is 0.508 e. The fraction of sp³-hybridized carbons (Fsp3) is 0.481. The van der Waals surface area contributed by atoms with Crippen LogP contribution in [0.1, 0.15) is 60.0 Å². The summed E-state index contributed by atoms with van der Waals surface area (Å²) in [7, 11) is -3.89. The van der Waals surface area contributed by atoms with E-state index in [-0.39, 0.29) is 22.1 Å². The van der Waals surface area contributed by atoms with Crippen molar-refractivity contribution in [2.75, 3.05) is 6.61 Å². The van der Waals surface area contributed by atoms with Crippen LogP contribution in [0.4, 0.5) is 0 Å². The first-order chi connectivity index (χ1) is 17.5. The van der Waals surface area contributed by atoms with Crippen LogP contribution in [-0.2, 0) is 30.7 Å². The topological polar surface area (TPSA) is 153 Å². The average Bonchev–Trinajstić information content (AvgIpc) is 3.11. The van der Waals surface area contributed by atoms with Crippen LogP contribution in [0, 0.1) is 17.3 Å². The lowest BCUT2D eigenvalue weighted by atomic mass is 9.55. The Labute approximate surface area is 215 Å². The molecule has 2 aromatic rings. The number of rotatable bonds is 5. The maximum absolute atomic E-state index is 12.6. The Kier molecular flexibility index (Phi) is 6.54. The molecule has 198 valence electrons. The van der Waals surface area contributed by atoms with Gasteiger partial charge in [0.05, 0.1) is 16.6 Å². The molecule has 9 nitrogen and oxygen atoms in total. The van der Waals surface area contributed by atoms with E-state index in [0.29, 0.717) is 18.3 Å². The first kappa shape index (κ1) is 25.7. The van der Waals surface area contributed by atoms with Crippen LogP contribution in [0.3, 0.4) is 0 Å². The van der Waals surface area contributed by atoms with Gasteiger partial charge in [0.25, 0.3) is 0 Å². The summed E-state index contributed by atoms with van der Waals surface area (Å²) in [5, 5.41) is 25.9. The number of aromatic hydroxyl groups is 1. The molecule has 0 spiro atoms. The third-order valence-corrected chi connectivity index (χ3v) is 9.57. The van der Waals surface area contributed by atoms with E-state index in [2.05, 4.69) is 6.92 Å². The predicted molar refractivity (Wildman–Crippen MR) is 132 cm³/mol. The SMILES string of the molecule is C[C@]12CCC3c4ccc(O)cc4CCC3C1C[C@@H](O)[C@@H]2OC(=O)COC(=O)c1ccc(S(N)(=O)=O)cc1. The van der Waals surface area contributed by atoms with Gasteiger partial charge in [-0.15, -0.1) is 0 Å². The molecule has 3 aliphatic carbocycles. The zero-order chi connectivity index (χ0) is 26.5. The van der Waals surface area contributed by atoms with Gasteiger partial charge in [-0.25, -0.2) is 23.1 Å². The highest BCUT2D eigenvalue weighted by Gasteiger charge is 2.59.